The fourth-order valence-electron chi connectivity index (χ4n) is 2.11. The van der Waals surface area contributed by atoms with Gasteiger partial charge in [-0.15, -0.1) is 0 Å². The molecule has 6 heteroatoms. The summed E-state index contributed by atoms with van der Waals surface area (Å²) in [5.74, 6) is 0.219. The lowest BCUT2D eigenvalue weighted by molar-refractivity contribution is -0.124. The summed E-state index contributed by atoms with van der Waals surface area (Å²) in [5.41, 5.74) is 0.274. The van der Waals surface area contributed by atoms with Crippen molar-refractivity contribution in [3.05, 3.63) is 60.2 Å². The number of benzene rings is 2. The van der Waals surface area contributed by atoms with Crippen molar-refractivity contribution in [1.29, 1.82) is 0 Å². The van der Waals surface area contributed by atoms with Crippen LogP contribution in [0.3, 0.4) is 0 Å². The second kappa shape index (κ2) is 10.8. The smallest absolute Gasteiger partial charge is 0.342 e. The summed E-state index contributed by atoms with van der Waals surface area (Å²) in [4.78, 5) is 23.7. The fourth-order valence-corrected chi connectivity index (χ4v) is 2.11. The molecule has 0 saturated heterocycles. The van der Waals surface area contributed by atoms with Crippen molar-refractivity contribution in [2.45, 2.75) is 13.3 Å². The molecule has 0 radical (unpaired) electrons. The number of hydrogen-bond acceptors (Lipinski definition) is 5. The topological polar surface area (TPSA) is 73.9 Å². The molecular formula is C20H23NO5. The zero-order valence-corrected chi connectivity index (χ0v) is 14.8. The van der Waals surface area contributed by atoms with Crippen molar-refractivity contribution in [1.82, 2.24) is 5.32 Å². The molecular weight excluding hydrogens is 334 g/mol. The lowest BCUT2D eigenvalue weighted by Gasteiger charge is -2.12. The van der Waals surface area contributed by atoms with Gasteiger partial charge in [0.15, 0.2) is 6.61 Å². The molecule has 0 aliphatic heterocycles. The molecule has 26 heavy (non-hydrogen) atoms. The standard InChI is InChI=1S/C20H23NO5/c1-2-12-21-19(22)15-26-20(23)17-10-6-7-11-18(17)25-14-13-24-16-8-4-3-5-9-16/h3-11H,2,12-15H2,1H3,(H,21,22). The van der Waals surface area contributed by atoms with Crippen molar-refractivity contribution in [3.8, 4) is 11.5 Å². The highest BCUT2D eigenvalue weighted by atomic mass is 16.5. The van der Waals surface area contributed by atoms with E-state index in [2.05, 4.69) is 5.32 Å². The van der Waals surface area contributed by atoms with E-state index in [-0.39, 0.29) is 24.7 Å². The normalized spacial score (nSPS) is 10.0. The minimum absolute atomic E-state index is 0.274. The van der Waals surface area contributed by atoms with Crippen molar-refractivity contribution in [2.24, 2.45) is 0 Å². The number of hydrogen-bond donors (Lipinski definition) is 1. The van der Waals surface area contributed by atoms with Crippen LogP contribution in [-0.4, -0.2) is 38.2 Å². The highest BCUT2D eigenvalue weighted by Crippen LogP contribution is 2.19. The zero-order chi connectivity index (χ0) is 18.6. The number of esters is 1. The number of nitrogens with one attached hydrogen (secondary N) is 1. The third kappa shape index (κ3) is 6.47. The number of rotatable bonds is 10. The second-order valence-electron chi connectivity index (χ2n) is 5.43. The molecule has 2 rings (SSSR count). The van der Waals surface area contributed by atoms with Gasteiger partial charge in [-0.3, -0.25) is 4.79 Å². The SMILES string of the molecule is CCCNC(=O)COC(=O)c1ccccc1OCCOc1ccccc1. The largest absolute Gasteiger partial charge is 0.490 e. The number of para-hydroxylation sites is 2. The molecule has 0 bridgehead atoms. The van der Waals surface area contributed by atoms with Crippen molar-refractivity contribution in [2.75, 3.05) is 26.4 Å². The van der Waals surface area contributed by atoms with Gasteiger partial charge < -0.3 is 19.5 Å². The Balaban J connectivity index is 1.82. The van der Waals surface area contributed by atoms with Crippen LogP contribution in [0.1, 0.15) is 23.7 Å². The first-order valence-corrected chi connectivity index (χ1v) is 8.54. The molecule has 0 aliphatic carbocycles. The van der Waals surface area contributed by atoms with Gasteiger partial charge in [-0.2, -0.15) is 0 Å². The number of carbonyl (C=O) groups is 2. The highest BCUT2D eigenvalue weighted by molar-refractivity contribution is 5.93. The van der Waals surface area contributed by atoms with Gasteiger partial charge in [0.2, 0.25) is 0 Å². The predicted molar refractivity (Wildman–Crippen MR) is 97.5 cm³/mol. The van der Waals surface area contributed by atoms with Crippen molar-refractivity contribution < 1.29 is 23.8 Å². The molecule has 1 amide bonds. The molecule has 0 saturated carbocycles. The van der Waals surface area contributed by atoms with E-state index >= 15 is 0 Å². The second-order valence-corrected chi connectivity index (χ2v) is 5.43. The Bertz CT molecular complexity index is 702. The van der Waals surface area contributed by atoms with Crippen LogP contribution in [-0.2, 0) is 9.53 Å². The lowest BCUT2D eigenvalue weighted by atomic mass is 10.2. The molecule has 0 aliphatic rings. The Morgan fingerprint density at radius 3 is 2.38 bits per heavy atom. The first-order valence-electron chi connectivity index (χ1n) is 8.54. The number of ether oxygens (including phenoxy) is 3. The summed E-state index contributed by atoms with van der Waals surface area (Å²) in [7, 11) is 0. The summed E-state index contributed by atoms with van der Waals surface area (Å²) >= 11 is 0. The minimum atomic E-state index is -0.601. The maximum Gasteiger partial charge on any atom is 0.342 e. The Labute approximate surface area is 153 Å². The van der Waals surface area contributed by atoms with Gasteiger partial charge in [0, 0.05) is 6.54 Å². The average Bonchev–Trinajstić information content (AvgIpc) is 2.69. The summed E-state index contributed by atoms with van der Waals surface area (Å²) < 4.78 is 16.2. The van der Waals surface area contributed by atoms with Gasteiger partial charge in [-0.1, -0.05) is 37.3 Å². The molecule has 6 nitrogen and oxygen atoms in total. The monoisotopic (exact) mass is 357 g/mol. The molecule has 0 heterocycles. The van der Waals surface area contributed by atoms with Crippen LogP contribution in [0.2, 0.25) is 0 Å². The highest BCUT2D eigenvalue weighted by Gasteiger charge is 2.15. The van der Waals surface area contributed by atoms with E-state index in [0.29, 0.717) is 18.9 Å². The molecule has 138 valence electrons. The minimum Gasteiger partial charge on any atom is -0.490 e. The van der Waals surface area contributed by atoms with E-state index in [9.17, 15) is 9.59 Å². The van der Waals surface area contributed by atoms with E-state index in [4.69, 9.17) is 14.2 Å². The molecule has 0 aromatic heterocycles. The van der Waals surface area contributed by atoms with E-state index in [1.54, 1.807) is 24.3 Å². The Kier molecular flexibility index (Phi) is 7.99. The first kappa shape index (κ1) is 19.3. The molecule has 0 unspecified atom stereocenters. The van der Waals surface area contributed by atoms with Gasteiger partial charge in [0.25, 0.3) is 5.91 Å². The molecule has 2 aromatic carbocycles. The van der Waals surface area contributed by atoms with Gasteiger partial charge in [-0.05, 0) is 30.7 Å². The van der Waals surface area contributed by atoms with Crippen LogP contribution in [0.5, 0.6) is 11.5 Å². The van der Waals surface area contributed by atoms with Gasteiger partial charge in [0.1, 0.15) is 30.3 Å². The van der Waals surface area contributed by atoms with E-state index in [0.717, 1.165) is 12.2 Å². The van der Waals surface area contributed by atoms with Crippen LogP contribution >= 0.6 is 0 Å². The third-order valence-corrected chi connectivity index (χ3v) is 3.37. The van der Waals surface area contributed by atoms with Gasteiger partial charge in [-0.25, -0.2) is 4.79 Å². The summed E-state index contributed by atoms with van der Waals surface area (Å²) in [6, 6.07) is 16.1. The number of carbonyl (C=O) groups excluding carboxylic acids is 2. The average molecular weight is 357 g/mol. The van der Waals surface area contributed by atoms with Crippen LogP contribution in [0.15, 0.2) is 54.6 Å². The maximum atomic E-state index is 12.2. The van der Waals surface area contributed by atoms with Crippen molar-refractivity contribution in [3.63, 3.8) is 0 Å². The van der Waals surface area contributed by atoms with Crippen molar-refractivity contribution >= 4 is 11.9 Å². The molecule has 0 fully saturated rings. The lowest BCUT2D eigenvalue weighted by Crippen LogP contribution is -2.29. The summed E-state index contributed by atoms with van der Waals surface area (Å²) in [6.07, 6.45) is 0.821. The summed E-state index contributed by atoms with van der Waals surface area (Å²) in [6.45, 7) is 2.80. The van der Waals surface area contributed by atoms with Gasteiger partial charge in [0.05, 0.1) is 0 Å². The quantitative estimate of drug-likeness (QED) is 0.523. The maximum absolute atomic E-state index is 12.2. The molecule has 0 atom stereocenters. The molecule has 0 spiro atoms. The van der Waals surface area contributed by atoms with Gasteiger partial charge >= 0.3 is 5.97 Å². The fraction of sp³-hybridized carbons (Fsp3) is 0.300. The molecule has 2 aromatic rings. The van der Waals surface area contributed by atoms with E-state index in [1.165, 1.54) is 0 Å². The zero-order valence-electron chi connectivity index (χ0n) is 14.8. The Morgan fingerprint density at radius 1 is 0.923 bits per heavy atom. The van der Waals surface area contributed by atoms with E-state index < -0.39 is 5.97 Å². The van der Waals surface area contributed by atoms with Crippen LogP contribution in [0.25, 0.3) is 0 Å². The van der Waals surface area contributed by atoms with Crippen LogP contribution in [0, 0.1) is 0 Å². The summed E-state index contributed by atoms with van der Waals surface area (Å²) in [5, 5.41) is 2.65. The predicted octanol–water partition coefficient (Wildman–Crippen LogP) is 2.83. The number of amides is 1. The Hall–Kier alpha value is -3.02. The first-order chi connectivity index (χ1) is 12.7. The third-order valence-electron chi connectivity index (χ3n) is 3.37. The Morgan fingerprint density at radius 2 is 1.62 bits per heavy atom. The molecule has 1 N–H and O–H groups in total. The van der Waals surface area contributed by atoms with Crippen LogP contribution < -0.4 is 14.8 Å². The van der Waals surface area contributed by atoms with E-state index in [1.807, 2.05) is 37.3 Å². The van der Waals surface area contributed by atoms with Crippen LogP contribution in [0.4, 0.5) is 0 Å².